The lowest BCUT2D eigenvalue weighted by Crippen LogP contribution is -2.11. The van der Waals surface area contributed by atoms with E-state index in [1.807, 2.05) is 12.1 Å². The van der Waals surface area contributed by atoms with Crippen LogP contribution in [0.1, 0.15) is 50.7 Å². The Morgan fingerprint density at radius 2 is 2.10 bits per heavy atom. The molecular weight excluding hydrogens is 268 g/mol. The van der Waals surface area contributed by atoms with Gasteiger partial charge < -0.3 is 4.74 Å². The highest BCUT2D eigenvalue weighted by Gasteiger charge is 2.08. The average molecular weight is 293 g/mol. The summed E-state index contributed by atoms with van der Waals surface area (Å²) >= 11 is 5.57. The molecule has 0 radical (unpaired) electrons. The molecule has 0 aliphatic heterocycles. The van der Waals surface area contributed by atoms with Crippen LogP contribution in [0.5, 0.6) is 5.75 Å². The third kappa shape index (κ3) is 5.88. The van der Waals surface area contributed by atoms with Crippen molar-refractivity contribution >= 4 is 11.6 Å². The molecule has 0 heterocycles. The summed E-state index contributed by atoms with van der Waals surface area (Å²) in [6.45, 7) is 7.35. The van der Waals surface area contributed by atoms with Crippen LogP contribution in [0.25, 0.3) is 0 Å². The van der Waals surface area contributed by atoms with Crippen molar-refractivity contribution < 1.29 is 4.74 Å². The molecular formula is C18H25ClO. The van der Waals surface area contributed by atoms with Crippen molar-refractivity contribution in [2.75, 3.05) is 12.5 Å². The van der Waals surface area contributed by atoms with Crippen LogP contribution in [0.2, 0.25) is 0 Å². The van der Waals surface area contributed by atoms with Crippen LogP contribution in [0.4, 0.5) is 0 Å². The van der Waals surface area contributed by atoms with Crippen molar-refractivity contribution in [1.82, 2.24) is 0 Å². The highest BCUT2D eigenvalue weighted by Crippen LogP contribution is 2.21. The highest BCUT2D eigenvalue weighted by atomic mass is 35.5. The third-order valence-corrected chi connectivity index (χ3v) is 3.63. The predicted octanol–water partition coefficient (Wildman–Crippen LogP) is 5.18. The molecule has 0 saturated heterocycles. The molecule has 1 nitrogen and oxygen atoms in total. The molecule has 2 heteroatoms. The normalized spacial score (nSPS) is 11.6. The first-order valence-corrected chi connectivity index (χ1v) is 8.03. The van der Waals surface area contributed by atoms with Crippen molar-refractivity contribution in [3.05, 3.63) is 29.3 Å². The Balaban J connectivity index is 2.59. The Labute approximate surface area is 128 Å². The minimum Gasteiger partial charge on any atom is -0.493 e. The van der Waals surface area contributed by atoms with Gasteiger partial charge in [-0.25, -0.2) is 0 Å². The van der Waals surface area contributed by atoms with Gasteiger partial charge in [-0.1, -0.05) is 45.0 Å². The number of hydrogen-bond donors (Lipinski definition) is 0. The highest BCUT2D eigenvalue weighted by molar-refractivity contribution is 6.19. The summed E-state index contributed by atoms with van der Waals surface area (Å²) < 4.78 is 5.97. The average Bonchev–Trinajstić information content (AvgIpc) is 2.46. The maximum absolute atomic E-state index is 5.97. The number of halogens is 1. The van der Waals surface area contributed by atoms with E-state index >= 15 is 0 Å². The molecule has 0 aliphatic carbocycles. The predicted molar refractivity (Wildman–Crippen MR) is 87.6 cm³/mol. The number of hydrogen-bond acceptors (Lipinski definition) is 1. The van der Waals surface area contributed by atoms with Gasteiger partial charge in [0.05, 0.1) is 12.5 Å². The van der Waals surface area contributed by atoms with Crippen molar-refractivity contribution in [2.45, 2.75) is 46.5 Å². The largest absolute Gasteiger partial charge is 0.493 e. The lowest BCUT2D eigenvalue weighted by atomic mass is 10.0. The smallest absolute Gasteiger partial charge is 0.122 e. The topological polar surface area (TPSA) is 9.23 Å². The molecule has 1 rings (SSSR count). The fourth-order valence-electron chi connectivity index (χ4n) is 2.13. The monoisotopic (exact) mass is 292 g/mol. The standard InChI is InChI=1S/C18H25ClO/c1-4-6-8-16(5-2)14-20-18-11-10-17(9-7-12-19)13-15(18)3/h10-11,13,16H,4-6,8,12,14H2,1-3H3. The molecule has 0 aromatic heterocycles. The summed E-state index contributed by atoms with van der Waals surface area (Å²) in [5, 5.41) is 0. The molecule has 1 aromatic rings. The second kappa shape index (κ2) is 9.72. The maximum atomic E-state index is 5.97. The van der Waals surface area contributed by atoms with Crippen molar-refractivity contribution in [3.63, 3.8) is 0 Å². The summed E-state index contributed by atoms with van der Waals surface area (Å²) in [6.07, 6.45) is 4.97. The minimum absolute atomic E-state index is 0.368. The van der Waals surface area contributed by atoms with E-state index in [0.717, 1.165) is 23.5 Å². The van der Waals surface area contributed by atoms with Crippen LogP contribution in [0.3, 0.4) is 0 Å². The summed E-state index contributed by atoms with van der Waals surface area (Å²) in [6, 6.07) is 6.07. The van der Waals surface area contributed by atoms with E-state index in [1.54, 1.807) is 0 Å². The van der Waals surface area contributed by atoms with Gasteiger partial charge in [-0.05, 0) is 43.0 Å². The zero-order valence-corrected chi connectivity index (χ0v) is 13.6. The van der Waals surface area contributed by atoms with Gasteiger partial charge in [0.25, 0.3) is 0 Å². The summed E-state index contributed by atoms with van der Waals surface area (Å²) in [4.78, 5) is 0. The van der Waals surface area contributed by atoms with Gasteiger partial charge >= 0.3 is 0 Å². The molecule has 1 aromatic carbocycles. The Bertz CT molecular complexity index is 456. The quantitative estimate of drug-likeness (QED) is 0.497. The zero-order chi connectivity index (χ0) is 14.8. The van der Waals surface area contributed by atoms with E-state index in [-0.39, 0.29) is 0 Å². The van der Waals surface area contributed by atoms with E-state index in [4.69, 9.17) is 16.3 Å². The van der Waals surface area contributed by atoms with Crippen LogP contribution < -0.4 is 4.74 Å². The first-order chi connectivity index (χ1) is 9.71. The first-order valence-electron chi connectivity index (χ1n) is 7.49. The number of benzene rings is 1. The second-order valence-electron chi connectivity index (χ2n) is 5.14. The minimum atomic E-state index is 0.368. The molecule has 0 amide bonds. The Kier molecular flexibility index (Phi) is 8.23. The van der Waals surface area contributed by atoms with Crippen LogP contribution in [-0.2, 0) is 0 Å². The van der Waals surface area contributed by atoms with E-state index < -0.39 is 0 Å². The summed E-state index contributed by atoms with van der Waals surface area (Å²) in [5.74, 6) is 7.89. The van der Waals surface area contributed by atoms with E-state index in [0.29, 0.717) is 11.8 Å². The Morgan fingerprint density at radius 3 is 2.70 bits per heavy atom. The Morgan fingerprint density at radius 1 is 1.30 bits per heavy atom. The number of rotatable bonds is 7. The van der Waals surface area contributed by atoms with Crippen molar-refractivity contribution in [1.29, 1.82) is 0 Å². The first kappa shape index (κ1) is 16.9. The van der Waals surface area contributed by atoms with Crippen LogP contribution in [0.15, 0.2) is 18.2 Å². The molecule has 110 valence electrons. The van der Waals surface area contributed by atoms with Crippen LogP contribution in [-0.4, -0.2) is 12.5 Å². The number of aryl methyl sites for hydroxylation is 1. The van der Waals surface area contributed by atoms with Gasteiger partial charge in [-0.2, -0.15) is 0 Å². The van der Waals surface area contributed by atoms with Gasteiger partial charge in [0.1, 0.15) is 5.75 Å². The molecule has 0 N–H and O–H groups in total. The summed E-state index contributed by atoms with van der Waals surface area (Å²) in [5.41, 5.74) is 2.13. The van der Waals surface area contributed by atoms with E-state index in [1.165, 1.54) is 25.7 Å². The second-order valence-corrected chi connectivity index (χ2v) is 5.41. The van der Waals surface area contributed by atoms with Crippen molar-refractivity contribution in [2.24, 2.45) is 5.92 Å². The number of unbranched alkanes of at least 4 members (excludes halogenated alkanes) is 1. The van der Waals surface area contributed by atoms with Gasteiger partial charge in [0.2, 0.25) is 0 Å². The molecule has 0 saturated carbocycles. The lowest BCUT2D eigenvalue weighted by molar-refractivity contribution is 0.232. The van der Waals surface area contributed by atoms with Crippen LogP contribution in [0, 0.1) is 24.7 Å². The molecule has 0 bridgehead atoms. The fraction of sp³-hybridized carbons (Fsp3) is 0.556. The SMILES string of the molecule is CCCCC(CC)COc1ccc(C#CCCl)cc1C. The van der Waals surface area contributed by atoms with E-state index in [9.17, 15) is 0 Å². The molecule has 1 atom stereocenters. The third-order valence-electron chi connectivity index (χ3n) is 3.49. The number of alkyl halides is 1. The number of ether oxygens (including phenoxy) is 1. The van der Waals surface area contributed by atoms with Gasteiger partial charge in [0, 0.05) is 5.56 Å². The zero-order valence-electron chi connectivity index (χ0n) is 12.8. The van der Waals surface area contributed by atoms with Gasteiger partial charge in [-0.15, -0.1) is 11.6 Å². The van der Waals surface area contributed by atoms with Gasteiger partial charge in [0.15, 0.2) is 0 Å². The molecule has 0 aliphatic rings. The van der Waals surface area contributed by atoms with E-state index in [2.05, 4.69) is 38.7 Å². The van der Waals surface area contributed by atoms with Crippen LogP contribution >= 0.6 is 11.6 Å². The van der Waals surface area contributed by atoms with Gasteiger partial charge in [-0.3, -0.25) is 0 Å². The van der Waals surface area contributed by atoms with Crippen molar-refractivity contribution in [3.8, 4) is 17.6 Å². The molecule has 1 unspecified atom stereocenters. The molecule has 20 heavy (non-hydrogen) atoms. The maximum Gasteiger partial charge on any atom is 0.122 e. The molecule has 0 spiro atoms. The lowest BCUT2D eigenvalue weighted by Gasteiger charge is -2.16. The fourth-order valence-corrected chi connectivity index (χ4v) is 2.20. The summed E-state index contributed by atoms with van der Waals surface area (Å²) in [7, 11) is 0. The molecule has 0 fully saturated rings. The Hall–Kier alpha value is -1.13.